The maximum absolute atomic E-state index is 13.1. The summed E-state index contributed by atoms with van der Waals surface area (Å²) in [5.74, 6) is -1.06. The Bertz CT molecular complexity index is 950. The highest BCUT2D eigenvalue weighted by molar-refractivity contribution is 5.97. The topological polar surface area (TPSA) is 93.7 Å². The van der Waals surface area contributed by atoms with E-state index in [-0.39, 0.29) is 35.3 Å². The number of fused-ring (bicyclic) bond motifs is 1. The molecule has 2 heterocycles. The molecule has 0 radical (unpaired) electrons. The normalized spacial score (nSPS) is 19.9. The number of carbonyl (C=O) groups is 2. The highest BCUT2D eigenvalue weighted by Gasteiger charge is 2.33. The molecule has 0 saturated carbocycles. The first-order valence-electron chi connectivity index (χ1n) is 9.58. The molecule has 2 atom stereocenters. The van der Waals surface area contributed by atoms with Gasteiger partial charge in [0.25, 0.3) is 5.91 Å². The Balaban J connectivity index is 1.86. The minimum atomic E-state index is -0.831. The van der Waals surface area contributed by atoms with Gasteiger partial charge in [-0.1, -0.05) is 12.1 Å². The summed E-state index contributed by atoms with van der Waals surface area (Å²) >= 11 is 0. The van der Waals surface area contributed by atoms with Crippen LogP contribution in [-0.2, 0) is 4.79 Å². The van der Waals surface area contributed by atoms with Gasteiger partial charge in [0.15, 0.2) is 0 Å². The zero-order valence-corrected chi connectivity index (χ0v) is 16.6. The number of rotatable bonds is 5. The summed E-state index contributed by atoms with van der Waals surface area (Å²) < 4.78 is 0. The number of nitrogens with one attached hydrogen (secondary N) is 1. The van der Waals surface area contributed by atoms with Crippen LogP contribution in [0.25, 0.3) is 10.9 Å². The molecule has 1 amide bonds. The van der Waals surface area contributed by atoms with Gasteiger partial charge in [0.2, 0.25) is 5.43 Å². The number of para-hydroxylation sites is 1. The number of amides is 1. The molecule has 0 spiro atoms. The summed E-state index contributed by atoms with van der Waals surface area (Å²) in [5, 5.41) is 9.55. The predicted octanol–water partition coefficient (Wildman–Crippen LogP) is 2.09. The van der Waals surface area contributed by atoms with Crippen LogP contribution in [-0.4, -0.2) is 65.0 Å². The minimum absolute atomic E-state index is 0.0607. The number of nitrogens with zero attached hydrogens (tertiary/aromatic N) is 2. The van der Waals surface area contributed by atoms with Crippen molar-refractivity contribution in [2.24, 2.45) is 5.92 Å². The number of aryl methyl sites for hydroxylation is 1. The molecule has 2 aromatic rings. The number of piperidine rings is 1. The van der Waals surface area contributed by atoms with Gasteiger partial charge in [0.1, 0.15) is 5.56 Å². The second-order valence-corrected chi connectivity index (χ2v) is 7.79. The lowest BCUT2D eigenvalue weighted by atomic mass is 9.87. The lowest BCUT2D eigenvalue weighted by Crippen LogP contribution is -2.51. The number of aromatic nitrogens is 1. The molecule has 0 aliphatic carbocycles. The maximum Gasteiger partial charge on any atom is 0.303 e. The number of aliphatic carboxylic acids is 1. The smallest absolute Gasteiger partial charge is 0.303 e. The molecule has 1 aliphatic heterocycles. The minimum Gasteiger partial charge on any atom is -0.481 e. The number of hydrogen-bond donors (Lipinski definition) is 2. The van der Waals surface area contributed by atoms with Crippen LogP contribution in [0.2, 0.25) is 0 Å². The Morgan fingerprint density at radius 1 is 1.32 bits per heavy atom. The van der Waals surface area contributed by atoms with Gasteiger partial charge >= 0.3 is 5.97 Å². The van der Waals surface area contributed by atoms with E-state index in [4.69, 9.17) is 5.11 Å². The van der Waals surface area contributed by atoms with Crippen LogP contribution in [0.1, 0.15) is 35.2 Å². The SMILES string of the molecule is Cc1cccc2c(=O)c(C(=O)N3CC[C@@H](N(C)C)[C@@H](CCC(=O)O)C3)c[nH]c12. The molecule has 28 heavy (non-hydrogen) atoms. The fourth-order valence-corrected chi connectivity index (χ4v) is 4.21. The fraction of sp³-hybridized carbons (Fsp3) is 0.476. The first kappa shape index (κ1) is 20.1. The van der Waals surface area contributed by atoms with Crippen molar-refractivity contribution in [3.05, 3.63) is 45.7 Å². The Hall–Kier alpha value is -2.67. The second-order valence-electron chi connectivity index (χ2n) is 7.79. The van der Waals surface area contributed by atoms with Crippen LogP contribution < -0.4 is 5.43 Å². The van der Waals surface area contributed by atoms with E-state index in [1.54, 1.807) is 11.0 Å². The third kappa shape index (κ3) is 3.94. The molecule has 3 rings (SSSR count). The molecule has 1 aromatic heterocycles. The number of aromatic amines is 1. The molecular formula is C21H27N3O4. The standard InChI is InChI=1S/C21H27N3O4/c1-13-5-4-6-15-19(13)22-11-16(20(15)27)21(28)24-10-9-17(23(2)3)14(12-24)7-8-18(25)26/h4-6,11,14,17H,7-10,12H2,1-3H3,(H,22,27)(H,25,26)/t14-,17+/m0/s1. The summed E-state index contributed by atoms with van der Waals surface area (Å²) in [6.07, 6.45) is 2.85. The highest BCUT2D eigenvalue weighted by atomic mass is 16.4. The molecule has 1 aliphatic rings. The molecule has 2 N–H and O–H groups in total. The number of carbonyl (C=O) groups excluding carboxylic acids is 1. The van der Waals surface area contributed by atoms with Crippen LogP contribution >= 0.6 is 0 Å². The maximum atomic E-state index is 13.1. The zero-order chi connectivity index (χ0) is 20.4. The van der Waals surface area contributed by atoms with Crippen LogP contribution in [0.3, 0.4) is 0 Å². The van der Waals surface area contributed by atoms with Gasteiger partial charge in [0, 0.05) is 37.1 Å². The monoisotopic (exact) mass is 385 g/mol. The van der Waals surface area contributed by atoms with Crippen molar-refractivity contribution in [1.82, 2.24) is 14.8 Å². The van der Waals surface area contributed by atoms with Crippen molar-refractivity contribution in [1.29, 1.82) is 0 Å². The molecule has 1 aromatic carbocycles. The Labute approximate surface area is 164 Å². The van der Waals surface area contributed by atoms with E-state index in [0.717, 1.165) is 17.5 Å². The first-order valence-corrected chi connectivity index (χ1v) is 9.58. The van der Waals surface area contributed by atoms with Crippen LogP contribution in [0, 0.1) is 12.8 Å². The van der Waals surface area contributed by atoms with E-state index in [1.807, 2.05) is 33.2 Å². The molecule has 1 saturated heterocycles. The Morgan fingerprint density at radius 2 is 2.07 bits per heavy atom. The van der Waals surface area contributed by atoms with Crippen LogP contribution in [0.15, 0.2) is 29.2 Å². The molecule has 150 valence electrons. The van der Waals surface area contributed by atoms with E-state index in [1.165, 1.54) is 6.20 Å². The van der Waals surface area contributed by atoms with Gasteiger partial charge in [-0.15, -0.1) is 0 Å². The van der Waals surface area contributed by atoms with Gasteiger partial charge in [-0.3, -0.25) is 14.4 Å². The van der Waals surface area contributed by atoms with Crippen molar-refractivity contribution in [2.75, 3.05) is 27.2 Å². The van der Waals surface area contributed by atoms with Crippen molar-refractivity contribution >= 4 is 22.8 Å². The van der Waals surface area contributed by atoms with Gasteiger partial charge in [-0.25, -0.2) is 0 Å². The average Bonchev–Trinajstić information content (AvgIpc) is 2.66. The van der Waals surface area contributed by atoms with Gasteiger partial charge in [0.05, 0.1) is 5.52 Å². The number of hydrogen-bond acceptors (Lipinski definition) is 4. The highest BCUT2D eigenvalue weighted by Crippen LogP contribution is 2.26. The van der Waals surface area contributed by atoms with E-state index < -0.39 is 5.97 Å². The number of H-pyrrole nitrogens is 1. The van der Waals surface area contributed by atoms with E-state index in [0.29, 0.717) is 24.9 Å². The lowest BCUT2D eigenvalue weighted by molar-refractivity contribution is -0.137. The Kier molecular flexibility index (Phi) is 5.84. The lowest BCUT2D eigenvalue weighted by Gasteiger charge is -2.41. The third-order valence-corrected chi connectivity index (χ3v) is 5.73. The molecular weight excluding hydrogens is 358 g/mol. The van der Waals surface area contributed by atoms with Crippen LogP contribution in [0.4, 0.5) is 0 Å². The molecule has 7 heteroatoms. The summed E-state index contributed by atoms with van der Waals surface area (Å²) in [4.78, 5) is 43.9. The van der Waals surface area contributed by atoms with E-state index in [9.17, 15) is 14.4 Å². The number of likely N-dealkylation sites (tertiary alicyclic amines) is 1. The van der Waals surface area contributed by atoms with E-state index in [2.05, 4.69) is 9.88 Å². The van der Waals surface area contributed by atoms with E-state index >= 15 is 0 Å². The number of benzene rings is 1. The summed E-state index contributed by atoms with van der Waals surface area (Å²) in [6, 6.07) is 5.68. The molecule has 0 bridgehead atoms. The quantitative estimate of drug-likeness (QED) is 0.822. The summed E-state index contributed by atoms with van der Waals surface area (Å²) in [5.41, 5.74) is 1.57. The number of pyridine rings is 1. The van der Waals surface area contributed by atoms with Gasteiger partial charge in [-0.2, -0.15) is 0 Å². The number of carboxylic acids is 1. The van der Waals surface area contributed by atoms with Crippen molar-refractivity contribution < 1.29 is 14.7 Å². The summed E-state index contributed by atoms with van der Waals surface area (Å²) in [6.45, 7) is 2.93. The zero-order valence-electron chi connectivity index (χ0n) is 16.6. The molecule has 1 fully saturated rings. The summed E-state index contributed by atoms with van der Waals surface area (Å²) in [7, 11) is 3.96. The van der Waals surface area contributed by atoms with Gasteiger partial charge in [-0.05, 0) is 51.4 Å². The van der Waals surface area contributed by atoms with Crippen molar-refractivity contribution in [2.45, 2.75) is 32.2 Å². The predicted molar refractivity (Wildman–Crippen MR) is 108 cm³/mol. The molecule has 0 unspecified atom stereocenters. The Morgan fingerprint density at radius 3 is 2.75 bits per heavy atom. The molecule has 7 nitrogen and oxygen atoms in total. The number of carboxylic acid groups (broad SMARTS) is 1. The van der Waals surface area contributed by atoms with Crippen molar-refractivity contribution in [3.63, 3.8) is 0 Å². The van der Waals surface area contributed by atoms with Crippen molar-refractivity contribution in [3.8, 4) is 0 Å². The average molecular weight is 385 g/mol. The third-order valence-electron chi connectivity index (χ3n) is 5.73. The van der Waals surface area contributed by atoms with Gasteiger partial charge < -0.3 is 19.9 Å². The first-order chi connectivity index (χ1) is 13.3. The van der Waals surface area contributed by atoms with Crippen LogP contribution in [0.5, 0.6) is 0 Å². The largest absolute Gasteiger partial charge is 0.481 e. The fourth-order valence-electron chi connectivity index (χ4n) is 4.21. The second kappa shape index (κ2) is 8.14.